The second-order valence-corrected chi connectivity index (χ2v) is 22.5. The SMILES string of the molecule is CCC[C@H](O/N=C1/C(=O)Nc2c1cc(-c1ccc(S(=O)(=O)N(C)C)cc1)c1c2CN(C)CC1)C(=O)O.CN1CCc2c(-c3ccc(S(=O)(=O)N(C)C)cc3)cc3c(c2C1)NC(=O)/C3=N/OC(CCO)C(=O)O. The summed E-state index contributed by atoms with van der Waals surface area (Å²) < 4.78 is 52.3. The molecule has 0 fully saturated rings. The van der Waals surface area contributed by atoms with Gasteiger partial charge in [0, 0.05) is 78.5 Å². The normalized spacial score (nSPS) is 17.6. The summed E-state index contributed by atoms with van der Waals surface area (Å²) in [5, 5.41) is 41.3. The van der Waals surface area contributed by atoms with Crippen molar-refractivity contribution in [2.75, 3.05) is 72.6 Å². The number of hydrogen-bond acceptors (Lipinski definition) is 15. The number of amides is 2. The third kappa shape index (κ3) is 10.8. The number of likely N-dealkylation sites (N-methyl/N-ethyl adjacent to an activating group) is 2. The highest BCUT2D eigenvalue weighted by molar-refractivity contribution is 7.89. The van der Waals surface area contributed by atoms with Gasteiger partial charge in [0.15, 0.2) is 11.4 Å². The van der Waals surface area contributed by atoms with Crippen LogP contribution in [0.15, 0.2) is 80.8 Å². The van der Waals surface area contributed by atoms with Crippen molar-refractivity contribution in [1.29, 1.82) is 0 Å². The van der Waals surface area contributed by atoms with Gasteiger partial charge in [0.2, 0.25) is 32.3 Å². The Bertz CT molecular complexity index is 2880. The Morgan fingerprint density at radius 3 is 1.35 bits per heavy atom. The van der Waals surface area contributed by atoms with E-state index in [1.807, 2.05) is 27.1 Å². The molecular formula is C49H58N8O13S2. The average Bonchev–Trinajstić information content (AvgIpc) is 3.84. The molecule has 0 radical (unpaired) electrons. The molecule has 0 spiro atoms. The van der Waals surface area contributed by atoms with E-state index in [9.17, 15) is 46.2 Å². The number of rotatable bonds is 16. The van der Waals surface area contributed by atoms with Crippen LogP contribution in [0.4, 0.5) is 11.4 Å². The van der Waals surface area contributed by atoms with Crippen LogP contribution in [0.5, 0.6) is 0 Å². The molecule has 72 heavy (non-hydrogen) atoms. The number of hydrogen-bond donors (Lipinski definition) is 5. The second kappa shape index (κ2) is 21.6. The Morgan fingerprint density at radius 1 is 0.639 bits per heavy atom. The molecule has 2 atom stereocenters. The van der Waals surface area contributed by atoms with Gasteiger partial charge in [-0.25, -0.2) is 35.0 Å². The van der Waals surface area contributed by atoms with Gasteiger partial charge in [-0.3, -0.25) is 9.59 Å². The first kappa shape index (κ1) is 53.2. The van der Waals surface area contributed by atoms with Crippen LogP contribution in [-0.4, -0.2) is 160 Å². The fourth-order valence-corrected chi connectivity index (χ4v) is 10.6. The number of aliphatic carboxylic acids is 2. The van der Waals surface area contributed by atoms with Gasteiger partial charge in [0.25, 0.3) is 11.8 Å². The van der Waals surface area contributed by atoms with Crippen molar-refractivity contribution in [3.63, 3.8) is 0 Å². The molecule has 21 nitrogen and oxygen atoms in total. The summed E-state index contributed by atoms with van der Waals surface area (Å²) in [5.74, 6) is -3.41. The number of sulfonamides is 2. The first-order valence-corrected chi connectivity index (χ1v) is 25.9. The Labute approximate surface area is 417 Å². The molecular weight excluding hydrogens is 973 g/mol. The lowest BCUT2D eigenvalue weighted by atomic mass is 9.87. The lowest BCUT2D eigenvalue weighted by Crippen LogP contribution is -2.27. The van der Waals surface area contributed by atoms with Crippen molar-refractivity contribution in [3.05, 3.63) is 94.0 Å². The average molecular weight is 1030 g/mol. The maximum absolute atomic E-state index is 12.9. The number of carboxylic acid groups (broad SMARTS) is 2. The van der Waals surface area contributed by atoms with Gasteiger partial charge in [0.05, 0.1) is 21.2 Å². The van der Waals surface area contributed by atoms with Crippen LogP contribution in [0, 0.1) is 0 Å². The van der Waals surface area contributed by atoms with Gasteiger partial charge < -0.3 is 45.4 Å². The highest BCUT2D eigenvalue weighted by Crippen LogP contribution is 2.42. The van der Waals surface area contributed by atoms with Crippen LogP contribution in [0.25, 0.3) is 22.3 Å². The molecule has 8 rings (SSSR count). The van der Waals surface area contributed by atoms with E-state index in [1.165, 1.54) is 28.2 Å². The molecule has 4 heterocycles. The second-order valence-electron chi connectivity index (χ2n) is 18.2. The lowest BCUT2D eigenvalue weighted by Gasteiger charge is -2.29. The molecule has 5 N–H and O–H groups in total. The number of carboxylic acids is 2. The van der Waals surface area contributed by atoms with E-state index >= 15 is 0 Å². The molecule has 2 amide bonds. The molecule has 0 aliphatic carbocycles. The van der Waals surface area contributed by atoms with Gasteiger partial charge in [0.1, 0.15) is 0 Å². The first-order valence-electron chi connectivity index (χ1n) is 23.1. The highest BCUT2D eigenvalue weighted by Gasteiger charge is 2.36. The van der Waals surface area contributed by atoms with Gasteiger partial charge >= 0.3 is 11.9 Å². The third-order valence-corrected chi connectivity index (χ3v) is 16.4. The number of fused-ring (bicyclic) bond motifs is 6. The maximum Gasteiger partial charge on any atom is 0.347 e. The standard InChI is InChI=1S/C25H30N4O6S.C24H28N4O7S/c1-5-6-21(25(31)32)35-27-23-19-13-18(15-7-9-16(10-8-15)36(33,34)28(2)3)17-11-12-29(4)14-20(17)22(19)26-24(23)30;1-27(2)36(33,34)15-6-4-14(5-7-15)17-12-18-21(19-13-28(3)10-8-16(17)19)25-23(30)22(18)26-35-20(9-11-29)24(31)32/h7-10,13,21H,5-6,11-12,14H2,1-4H3,(H,31,32)(H,26,27,30);4-7,12,20,29H,8-11,13H2,1-3H3,(H,31,32)(H,25,26,30)/t21-;/m0./s1. The molecule has 4 aliphatic rings. The Morgan fingerprint density at radius 2 is 1.01 bits per heavy atom. The van der Waals surface area contributed by atoms with Crippen LogP contribution in [0.3, 0.4) is 0 Å². The number of nitrogens with one attached hydrogen (secondary N) is 2. The number of carbonyl (C=O) groups is 4. The fraction of sp³-hybridized carbons (Fsp3) is 0.388. The minimum Gasteiger partial charge on any atom is -0.478 e. The molecule has 0 saturated carbocycles. The zero-order chi connectivity index (χ0) is 52.4. The van der Waals surface area contributed by atoms with E-state index in [4.69, 9.17) is 14.8 Å². The van der Waals surface area contributed by atoms with Crippen molar-refractivity contribution >= 4 is 66.6 Å². The summed E-state index contributed by atoms with van der Waals surface area (Å²) in [6.45, 7) is 4.27. The van der Waals surface area contributed by atoms with Crippen LogP contribution in [0.2, 0.25) is 0 Å². The molecule has 23 heteroatoms. The molecule has 384 valence electrons. The molecule has 0 saturated heterocycles. The van der Waals surface area contributed by atoms with E-state index in [1.54, 1.807) is 54.6 Å². The van der Waals surface area contributed by atoms with E-state index in [2.05, 4.69) is 30.7 Å². The van der Waals surface area contributed by atoms with Crippen LogP contribution >= 0.6 is 0 Å². The summed E-state index contributed by atoms with van der Waals surface area (Å²) >= 11 is 0. The topological polar surface area (TPSA) is 277 Å². The zero-order valence-electron chi connectivity index (χ0n) is 40.9. The largest absolute Gasteiger partial charge is 0.478 e. The number of carbonyl (C=O) groups excluding carboxylic acids is 2. The molecule has 1 unspecified atom stereocenters. The quantitative estimate of drug-likeness (QED) is 0.100. The molecule has 4 aromatic carbocycles. The maximum atomic E-state index is 12.9. The zero-order valence-corrected chi connectivity index (χ0v) is 42.6. The van der Waals surface area contributed by atoms with Crippen molar-refractivity contribution in [1.82, 2.24) is 18.4 Å². The molecule has 4 aliphatic heterocycles. The highest BCUT2D eigenvalue weighted by atomic mass is 32.2. The van der Waals surface area contributed by atoms with Crippen LogP contribution in [-0.2, 0) is 74.8 Å². The third-order valence-electron chi connectivity index (χ3n) is 12.8. The van der Waals surface area contributed by atoms with E-state index < -0.39 is 62.6 Å². The molecule has 4 aromatic rings. The Kier molecular flexibility index (Phi) is 16.0. The number of aliphatic hydroxyl groups excluding tert-OH is 1. The van der Waals surface area contributed by atoms with Crippen molar-refractivity contribution < 1.29 is 61.0 Å². The van der Waals surface area contributed by atoms with E-state index in [0.717, 1.165) is 79.0 Å². The number of nitrogens with zero attached hydrogens (tertiary/aromatic N) is 6. The summed E-state index contributed by atoms with van der Waals surface area (Å²) in [6.07, 6.45) is -0.381. The molecule has 0 bridgehead atoms. The van der Waals surface area contributed by atoms with Gasteiger partial charge in [-0.05, 0) is 114 Å². The van der Waals surface area contributed by atoms with Crippen molar-refractivity contribution in [2.24, 2.45) is 10.3 Å². The van der Waals surface area contributed by atoms with Crippen LogP contribution in [0.1, 0.15) is 59.6 Å². The van der Waals surface area contributed by atoms with Gasteiger partial charge in [-0.2, -0.15) is 0 Å². The monoisotopic (exact) mass is 1030 g/mol. The number of aliphatic hydroxyl groups is 1. The van der Waals surface area contributed by atoms with E-state index in [-0.39, 0.29) is 34.1 Å². The summed E-state index contributed by atoms with van der Waals surface area (Å²) in [6, 6.07) is 16.9. The fourth-order valence-electron chi connectivity index (χ4n) is 8.82. The Hall–Kier alpha value is -6.60. The van der Waals surface area contributed by atoms with Crippen molar-refractivity contribution in [3.8, 4) is 22.3 Å². The summed E-state index contributed by atoms with van der Waals surface area (Å²) in [4.78, 5) is 63.6. The predicted molar refractivity (Wildman–Crippen MR) is 268 cm³/mol. The first-order chi connectivity index (χ1) is 34.1. The van der Waals surface area contributed by atoms with Crippen LogP contribution < -0.4 is 10.6 Å². The van der Waals surface area contributed by atoms with Gasteiger partial charge in [-0.15, -0.1) is 0 Å². The number of anilines is 2. The number of benzene rings is 4. The predicted octanol–water partition coefficient (Wildman–Crippen LogP) is 3.62. The van der Waals surface area contributed by atoms with Crippen molar-refractivity contribution in [2.45, 2.75) is 74.1 Å². The summed E-state index contributed by atoms with van der Waals surface area (Å²) in [7, 11) is 2.74. The minimum absolute atomic E-state index is 0.0245. The lowest BCUT2D eigenvalue weighted by molar-refractivity contribution is -0.152. The minimum atomic E-state index is -3.58. The Balaban J connectivity index is 0.000000211. The van der Waals surface area contributed by atoms with E-state index in [0.29, 0.717) is 42.0 Å². The molecule has 0 aromatic heterocycles. The van der Waals surface area contributed by atoms with Gasteiger partial charge in [-0.1, -0.05) is 47.9 Å². The summed E-state index contributed by atoms with van der Waals surface area (Å²) in [5.41, 5.74) is 9.53. The smallest absolute Gasteiger partial charge is 0.347 e. The number of oxime groups is 2.